The Balaban J connectivity index is 1.23. The van der Waals surface area contributed by atoms with Crippen molar-refractivity contribution in [2.75, 3.05) is 4.90 Å². The van der Waals surface area contributed by atoms with Gasteiger partial charge in [0.2, 0.25) is 0 Å². The van der Waals surface area contributed by atoms with Crippen molar-refractivity contribution in [3.63, 3.8) is 0 Å². The largest absolute Gasteiger partial charge is 0.309 e. The molecule has 0 fully saturated rings. The predicted octanol–water partition coefficient (Wildman–Crippen LogP) is 16.4. The van der Waals surface area contributed by atoms with Gasteiger partial charge in [-0.3, -0.25) is 0 Å². The molecule has 284 valence electrons. The summed E-state index contributed by atoms with van der Waals surface area (Å²) in [6, 6.07) is 82.5. The number of hydrogen-bond acceptors (Lipinski definition) is 1. The van der Waals surface area contributed by atoms with Crippen molar-refractivity contribution in [3.8, 4) is 55.6 Å². The lowest BCUT2D eigenvalue weighted by Gasteiger charge is -2.32. The second-order valence-corrected chi connectivity index (χ2v) is 16.4. The van der Waals surface area contributed by atoms with Crippen LogP contribution in [-0.2, 0) is 5.41 Å². The molecule has 60 heavy (non-hydrogen) atoms. The average molecular weight is 766 g/mol. The van der Waals surface area contributed by atoms with Gasteiger partial charge in [-0.15, -0.1) is 0 Å². The first-order valence-corrected chi connectivity index (χ1v) is 20.9. The van der Waals surface area contributed by atoms with Crippen molar-refractivity contribution in [3.05, 3.63) is 236 Å². The van der Waals surface area contributed by atoms with Crippen molar-refractivity contribution in [1.82, 2.24) is 0 Å². The van der Waals surface area contributed by atoms with Crippen LogP contribution < -0.4 is 4.90 Å². The van der Waals surface area contributed by atoms with Crippen molar-refractivity contribution < 1.29 is 0 Å². The molecule has 0 unspecified atom stereocenters. The Labute approximate surface area is 352 Å². The number of para-hydroxylation sites is 3. The molecule has 0 saturated carbocycles. The third-order valence-corrected chi connectivity index (χ3v) is 12.7. The second-order valence-electron chi connectivity index (χ2n) is 16.4. The van der Waals surface area contributed by atoms with Crippen LogP contribution in [0.1, 0.15) is 25.0 Å². The van der Waals surface area contributed by atoms with E-state index in [0.717, 1.165) is 17.1 Å². The van der Waals surface area contributed by atoms with Gasteiger partial charge in [0.05, 0.1) is 17.1 Å². The van der Waals surface area contributed by atoms with Crippen LogP contribution in [0.5, 0.6) is 0 Å². The Morgan fingerprint density at radius 3 is 1.43 bits per heavy atom. The molecule has 11 rings (SSSR count). The molecule has 1 aliphatic carbocycles. The lowest BCUT2D eigenvalue weighted by Crippen LogP contribution is -2.15. The van der Waals surface area contributed by atoms with E-state index in [0.29, 0.717) is 0 Å². The minimum atomic E-state index is -0.116. The predicted molar refractivity (Wildman–Crippen MR) is 255 cm³/mol. The van der Waals surface area contributed by atoms with Crippen LogP contribution in [0.4, 0.5) is 17.1 Å². The van der Waals surface area contributed by atoms with Crippen LogP contribution in [0.15, 0.2) is 224 Å². The normalized spacial score (nSPS) is 12.6. The molecule has 1 heteroatoms. The van der Waals surface area contributed by atoms with E-state index in [2.05, 4.69) is 243 Å². The maximum atomic E-state index is 2.54. The molecular weight excluding hydrogens is 723 g/mol. The summed E-state index contributed by atoms with van der Waals surface area (Å²) in [5.41, 5.74) is 18.2. The zero-order valence-corrected chi connectivity index (χ0v) is 33.8. The van der Waals surface area contributed by atoms with Crippen LogP contribution in [-0.4, -0.2) is 0 Å². The molecule has 0 atom stereocenters. The molecule has 0 aliphatic heterocycles. The SMILES string of the molecule is CC1(C)c2ccccc2-c2c(-c3ccccc3N(c3ccccc3-c3cccc4ccccc34)c3ccccc3-c3cccc4cccc(-c5ccccc5)c34)cccc21. The molecule has 0 bridgehead atoms. The molecule has 10 aromatic carbocycles. The van der Waals surface area contributed by atoms with Gasteiger partial charge < -0.3 is 4.90 Å². The molecule has 0 amide bonds. The van der Waals surface area contributed by atoms with Crippen molar-refractivity contribution in [2.45, 2.75) is 19.3 Å². The third-order valence-electron chi connectivity index (χ3n) is 12.7. The fraction of sp³-hybridized carbons (Fsp3) is 0.0508. The summed E-state index contributed by atoms with van der Waals surface area (Å²) < 4.78 is 0. The van der Waals surface area contributed by atoms with Crippen LogP contribution in [0.2, 0.25) is 0 Å². The highest BCUT2D eigenvalue weighted by Gasteiger charge is 2.37. The van der Waals surface area contributed by atoms with Gasteiger partial charge in [-0.2, -0.15) is 0 Å². The number of rotatable bonds is 7. The standard InChI is InChI=1S/C59H43N/c1-59(2)52-35-12-8-30-51(52)58-50(34-19-36-53(58)59)48-29-11-15-39-56(48)60(54-37-13-9-27-46(54)45-32-16-23-40-22-6-7-26-43(40)45)55-38-14-10-28-47(55)49-33-18-25-42-24-17-31-44(57(42)49)41-20-4-3-5-21-41/h3-39H,1-2H3. The van der Waals surface area contributed by atoms with Gasteiger partial charge in [0.1, 0.15) is 0 Å². The van der Waals surface area contributed by atoms with E-state index in [9.17, 15) is 0 Å². The summed E-state index contributed by atoms with van der Waals surface area (Å²) >= 11 is 0. The molecule has 0 N–H and O–H groups in total. The van der Waals surface area contributed by atoms with Gasteiger partial charge >= 0.3 is 0 Å². The van der Waals surface area contributed by atoms with E-state index in [-0.39, 0.29) is 5.41 Å². The second kappa shape index (κ2) is 14.4. The number of anilines is 3. The zero-order valence-electron chi connectivity index (χ0n) is 33.8. The minimum absolute atomic E-state index is 0.116. The Kier molecular flexibility index (Phi) is 8.57. The Hall–Kier alpha value is -7.48. The maximum Gasteiger partial charge on any atom is 0.0540 e. The molecule has 0 spiro atoms. The number of benzene rings is 10. The first kappa shape index (κ1) is 35.7. The minimum Gasteiger partial charge on any atom is -0.309 e. The Morgan fingerprint density at radius 1 is 0.300 bits per heavy atom. The monoisotopic (exact) mass is 765 g/mol. The van der Waals surface area contributed by atoms with Gasteiger partial charge in [0.25, 0.3) is 0 Å². The van der Waals surface area contributed by atoms with Crippen LogP contribution >= 0.6 is 0 Å². The van der Waals surface area contributed by atoms with Crippen molar-refractivity contribution >= 4 is 38.6 Å². The summed E-state index contributed by atoms with van der Waals surface area (Å²) in [5.74, 6) is 0. The summed E-state index contributed by atoms with van der Waals surface area (Å²) in [7, 11) is 0. The third kappa shape index (κ3) is 5.69. The highest BCUT2D eigenvalue weighted by Crippen LogP contribution is 2.55. The van der Waals surface area contributed by atoms with Crippen LogP contribution in [0.25, 0.3) is 77.2 Å². The van der Waals surface area contributed by atoms with E-state index in [4.69, 9.17) is 0 Å². The van der Waals surface area contributed by atoms with Gasteiger partial charge in [-0.1, -0.05) is 220 Å². The topological polar surface area (TPSA) is 3.24 Å². The Bertz CT molecular complexity index is 3230. The lowest BCUT2D eigenvalue weighted by atomic mass is 9.82. The smallest absolute Gasteiger partial charge is 0.0540 e. The quantitative estimate of drug-likeness (QED) is 0.156. The fourth-order valence-corrected chi connectivity index (χ4v) is 9.94. The number of hydrogen-bond donors (Lipinski definition) is 0. The zero-order chi connectivity index (χ0) is 40.2. The maximum absolute atomic E-state index is 2.54. The fourth-order valence-electron chi connectivity index (χ4n) is 9.94. The van der Waals surface area contributed by atoms with Gasteiger partial charge in [0, 0.05) is 22.1 Å². The Morgan fingerprint density at radius 2 is 0.733 bits per heavy atom. The molecular formula is C59H43N. The van der Waals surface area contributed by atoms with Gasteiger partial charge in [-0.25, -0.2) is 0 Å². The molecule has 0 radical (unpaired) electrons. The van der Waals surface area contributed by atoms with Crippen molar-refractivity contribution in [1.29, 1.82) is 0 Å². The number of fused-ring (bicyclic) bond motifs is 5. The van der Waals surface area contributed by atoms with E-state index in [1.54, 1.807) is 0 Å². The number of nitrogens with zero attached hydrogens (tertiary/aromatic N) is 1. The van der Waals surface area contributed by atoms with Crippen LogP contribution in [0, 0.1) is 0 Å². The first-order chi connectivity index (χ1) is 29.6. The molecule has 0 heterocycles. The molecule has 0 saturated heterocycles. The highest BCUT2D eigenvalue weighted by atomic mass is 15.1. The summed E-state index contributed by atoms with van der Waals surface area (Å²) in [6.45, 7) is 4.73. The summed E-state index contributed by atoms with van der Waals surface area (Å²) in [5, 5.41) is 4.92. The van der Waals surface area contributed by atoms with E-state index >= 15 is 0 Å². The molecule has 1 nitrogen and oxygen atoms in total. The van der Waals surface area contributed by atoms with E-state index in [1.165, 1.54) is 88.3 Å². The molecule has 10 aromatic rings. The summed E-state index contributed by atoms with van der Waals surface area (Å²) in [6.07, 6.45) is 0. The molecule has 1 aliphatic rings. The van der Waals surface area contributed by atoms with E-state index in [1.807, 2.05) is 0 Å². The van der Waals surface area contributed by atoms with Gasteiger partial charge in [-0.05, 0) is 89.8 Å². The van der Waals surface area contributed by atoms with E-state index < -0.39 is 0 Å². The van der Waals surface area contributed by atoms with Gasteiger partial charge in [0.15, 0.2) is 0 Å². The average Bonchev–Trinajstić information content (AvgIpc) is 3.55. The van der Waals surface area contributed by atoms with Crippen LogP contribution in [0.3, 0.4) is 0 Å². The highest BCUT2D eigenvalue weighted by molar-refractivity contribution is 6.10. The summed E-state index contributed by atoms with van der Waals surface area (Å²) in [4.78, 5) is 2.54. The lowest BCUT2D eigenvalue weighted by molar-refractivity contribution is 0.660. The molecule has 0 aromatic heterocycles. The first-order valence-electron chi connectivity index (χ1n) is 20.9. The van der Waals surface area contributed by atoms with Crippen molar-refractivity contribution in [2.24, 2.45) is 0 Å².